The lowest BCUT2D eigenvalue weighted by Gasteiger charge is -2.14. The predicted molar refractivity (Wildman–Crippen MR) is 83.0 cm³/mol. The lowest BCUT2D eigenvalue weighted by Crippen LogP contribution is -2.27. The molecule has 0 fully saturated rings. The molecule has 0 amide bonds. The number of nitrogens with two attached hydrogens (primary N) is 1. The summed E-state index contributed by atoms with van der Waals surface area (Å²) in [6.07, 6.45) is 0. The van der Waals surface area contributed by atoms with Crippen LogP contribution in [0.3, 0.4) is 0 Å². The number of hydrogen-bond donors (Lipinski definition) is 2. The van der Waals surface area contributed by atoms with Gasteiger partial charge in [-0.05, 0) is 36.8 Å². The quantitative estimate of drug-likeness (QED) is 0.857. The summed E-state index contributed by atoms with van der Waals surface area (Å²) < 4.78 is 49.4. The first-order chi connectivity index (χ1) is 10.2. The fourth-order valence-electron chi connectivity index (χ4n) is 1.92. The average molecular weight is 340 g/mol. The van der Waals surface area contributed by atoms with Crippen LogP contribution in [-0.4, -0.2) is 16.8 Å². The Kier molecular flexibility index (Phi) is 4.66. The fourth-order valence-corrected chi connectivity index (χ4v) is 3.67. The summed E-state index contributed by atoms with van der Waals surface area (Å²) in [6, 6.07) is 13.4. The summed E-state index contributed by atoms with van der Waals surface area (Å²) >= 11 is 0. The molecule has 0 saturated carbocycles. The van der Waals surface area contributed by atoms with Crippen molar-refractivity contribution in [2.45, 2.75) is 22.8 Å². The SMILES string of the molecule is C[C@H](NS(=O)(=O)c1ccc(S(N)(=O)=O)cc1)c1ccccc1. The number of primary sulfonamides is 1. The molecule has 0 bridgehead atoms. The minimum atomic E-state index is -3.85. The molecule has 0 saturated heterocycles. The zero-order valence-electron chi connectivity index (χ0n) is 11.8. The van der Waals surface area contributed by atoms with Crippen molar-refractivity contribution in [2.24, 2.45) is 5.14 Å². The van der Waals surface area contributed by atoms with Gasteiger partial charge < -0.3 is 0 Å². The number of sulfonamides is 2. The van der Waals surface area contributed by atoms with E-state index in [4.69, 9.17) is 5.14 Å². The third-order valence-electron chi connectivity index (χ3n) is 3.09. The zero-order chi connectivity index (χ0) is 16.4. The van der Waals surface area contributed by atoms with E-state index in [1.165, 1.54) is 12.1 Å². The van der Waals surface area contributed by atoms with E-state index in [0.29, 0.717) is 0 Å². The Balaban J connectivity index is 2.24. The molecule has 1 atom stereocenters. The predicted octanol–water partition coefficient (Wildman–Crippen LogP) is 1.37. The Hall–Kier alpha value is -1.74. The van der Waals surface area contributed by atoms with Gasteiger partial charge in [-0.15, -0.1) is 0 Å². The van der Waals surface area contributed by atoms with E-state index in [-0.39, 0.29) is 9.79 Å². The zero-order valence-corrected chi connectivity index (χ0v) is 13.4. The summed E-state index contributed by atoms with van der Waals surface area (Å²) in [6.45, 7) is 1.73. The molecule has 0 radical (unpaired) electrons. The van der Waals surface area contributed by atoms with E-state index in [2.05, 4.69) is 4.72 Å². The Labute approximate surface area is 130 Å². The normalized spacial score (nSPS) is 13.7. The van der Waals surface area contributed by atoms with Gasteiger partial charge in [-0.1, -0.05) is 30.3 Å². The van der Waals surface area contributed by atoms with Crippen LogP contribution in [0.15, 0.2) is 64.4 Å². The second-order valence-electron chi connectivity index (χ2n) is 4.77. The van der Waals surface area contributed by atoms with Crippen LogP contribution in [0.4, 0.5) is 0 Å². The van der Waals surface area contributed by atoms with Crippen LogP contribution >= 0.6 is 0 Å². The molecular formula is C14H16N2O4S2. The number of nitrogens with one attached hydrogen (secondary N) is 1. The maximum Gasteiger partial charge on any atom is 0.241 e. The van der Waals surface area contributed by atoms with Gasteiger partial charge in [-0.25, -0.2) is 26.7 Å². The number of benzene rings is 2. The van der Waals surface area contributed by atoms with E-state index in [9.17, 15) is 16.8 Å². The molecular weight excluding hydrogens is 324 g/mol. The minimum absolute atomic E-state index is 0.0253. The van der Waals surface area contributed by atoms with Gasteiger partial charge in [0.05, 0.1) is 9.79 Å². The van der Waals surface area contributed by atoms with Crippen molar-refractivity contribution in [1.29, 1.82) is 0 Å². The molecule has 0 heterocycles. The standard InChI is InChI=1S/C14H16N2O4S2/c1-11(12-5-3-2-4-6-12)16-22(19,20)14-9-7-13(8-10-14)21(15,17)18/h2-11,16H,1H3,(H2,15,17,18)/t11-/m0/s1. The van der Waals surface area contributed by atoms with Crippen molar-refractivity contribution in [2.75, 3.05) is 0 Å². The van der Waals surface area contributed by atoms with Crippen LogP contribution in [0.2, 0.25) is 0 Å². The average Bonchev–Trinajstić information content (AvgIpc) is 2.47. The van der Waals surface area contributed by atoms with Crippen LogP contribution in [0, 0.1) is 0 Å². The van der Waals surface area contributed by atoms with Crippen molar-refractivity contribution >= 4 is 20.0 Å². The van der Waals surface area contributed by atoms with E-state index in [0.717, 1.165) is 17.7 Å². The molecule has 22 heavy (non-hydrogen) atoms. The van der Waals surface area contributed by atoms with E-state index in [1.54, 1.807) is 6.92 Å². The van der Waals surface area contributed by atoms with Crippen LogP contribution < -0.4 is 9.86 Å². The molecule has 2 aromatic rings. The molecule has 3 N–H and O–H groups in total. The molecule has 0 spiro atoms. The first-order valence-corrected chi connectivity index (χ1v) is 9.43. The molecule has 0 aromatic heterocycles. The van der Waals surface area contributed by atoms with Crippen molar-refractivity contribution < 1.29 is 16.8 Å². The Morgan fingerprint density at radius 1 is 0.864 bits per heavy atom. The van der Waals surface area contributed by atoms with Crippen LogP contribution in [-0.2, 0) is 20.0 Å². The number of rotatable bonds is 5. The lowest BCUT2D eigenvalue weighted by atomic mass is 10.1. The maximum atomic E-state index is 12.3. The highest BCUT2D eigenvalue weighted by Crippen LogP contribution is 2.18. The maximum absolute atomic E-state index is 12.3. The van der Waals surface area contributed by atoms with E-state index >= 15 is 0 Å². The highest BCUT2D eigenvalue weighted by molar-refractivity contribution is 7.89. The Bertz CT molecular complexity index is 845. The third kappa shape index (κ3) is 3.92. The molecule has 6 nitrogen and oxygen atoms in total. The van der Waals surface area contributed by atoms with Gasteiger partial charge in [-0.2, -0.15) is 0 Å². The first kappa shape index (κ1) is 16.6. The van der Waals surface area contributed by atoms with Crippen LogP contribution in [0.5, 0.6) is 0 Å². The van der Waals surface area contributed by atoms with Gasteiger partial charge in [0.15, 0.2) is 0 Å². The summed E-state index contributed by atoms with van der Waals surface area (Å²) in [7, 11) is -7.60. The van der Waals surface area contributed by atoms with Crippen LogP contribution in [0.1, 0.15) is 18.5 Å². The summed E-state index contributed by atoms with van der Waals surface area (Å²) in [5.41, 5.74) is 0.826. The molecule has 0 aliphatic rings. The molecule has 118 valence electrons. The largest absolute Gasteiger partial charge is 0.241 e. The first-order valence-electron chi connectivity index (χ1n) is 6.40. The van der Waals surface area contributed by atoms with E-state index in [1.807, 2.05) is 30.3 Å². The molecule has 2 rings (SSSR count). The monoisotopic (exact) mass is 340 g/mol. The highest BCUT2D eigenvalue weighted by Gasteiger charge is 2.19. The van der Waals surface area contributed by atoms with Crippen molar-refractivity contribution in [3.63, 3.8) is 0 Å². The van der Waals surface area contributed by atoms with Crippen molar-refractivity contribution in [1.82, 2.24) is 4.72 Å². The number of hydrogen-bond acceptors (Lipinski definition) is 4. The van der Waals surface area contributed by atoms with Gasteiger partial charge in [0.25, 0.3) is 0 Å². The second kappa shape index (κ2) is 6.17. The fraction of sp³-hybridized carbons (Fsp3) is 0.143. The summed E-state index contributed by atoms with van der Waals surface area (Å²) in [4.78, 5) is -0.162. The Morgan fingerprint density at radius 3 is 1.86 bits per heavy atom. The molecule has 0 aliphatic heterocycles. The van der Waals surface area contributed by atoms with Crippen LogP contribution in [0.25, 0.3) is 0 Å². The van der Waals surface area contributed by atoms with Crippen molar-refractivity contribution in [3.05, 3.63) is 60.2 Å². The smallest absolute Gasteiger partial charge is 0.225 e. The van der Waals surface area contributed by atoms with Gasteiger partial charge >= 0.3 is 0 Å². The molecule has 2 aromatic carbocycles. The van der Waals surface area contributed by atoms with Gasteiger partial charge in [-0.3, -0.25) is 0 Å². The summed E-state index contributed by atoms with van der Waals surface area (Å²) in [5, 5.41) is 4.98. The lowest BCUT2D eigenvalue weighted by molar-refractivity contribution is 0.566. The van der Waals surface area contributed by atoms with Crippen molar-refractivity contribution in [3.8, 4) is 0 Å². The minimum Gasteiger partial charge on any atom is -0.225 e. The van der Waals surface area contributed by atoms with Gasteiger partial charge in [0, 0.05) is 6.04 Å². The molecule has 8 heteroatoms. The second-order valence-corrected chi connectivity index (χ2v) is 8.05. The van der Waals surface area contributed by atoms with Gasteiger partial charge in [0.1, 0.15) is 0 Å². The topological polar surface area (TPSA) is 106 Å². The highest BCUT2D eigenvalue weighted by atomic mass is 32.2. The Morgan fingerprint density at radius 2 is 1.36 bits per heavy atom. The molecule has 0 aliphatic carbocycles. The summed E-state index contributed by atoms with van der Waals surface area (Å²) in [5.74, 6) is 0. The third-order valence-corrected chi connectivity index (χ3v) is 5.58. The molecule has 0 unspecified atom stereocenters. The van der Waals surface area contributed by atoms with E-state index < -0.39 is 26.1 Å². The van der Waals surface area contributed by atoms with Gasteiger partial charge in [0.2, 0.25) is 20.0 Å².